The average molecular weight is 444 g/mol. The van der Waals surface area contributed by atoms with Crippen LogP contribution < -0.4 is 10.6 Å². The van der Waals surface area contributed by atoms with Gasteiger partial charge in [-0.15, -0.1) is 0 Å². The molecule has 0 radical (unpaired) electrons. The summed E-state index contributed by atoms with van der Waals surface area (Å²) in [5.74, 6) is -0.0866. The third-order valence-corrected chi connectivity index (χ3v) is 5.98. The van der Waals surface area contributed by atoms with Gasteiger partial charge in [0, 0.05) is 18.7 Å². The predicted molar refractivity (Wildman–Crippen MR) is 134 cm³/mol. The molecule has 3 amide bonds. The van der Waals surface area contributed by atoms with E-state index in [1.807, 2.05) is 107 Å². The lowest BCUT2D eigenvalue weighted by Crippen LogP contribution is -2.40. The number of hydrogen-bond acceptors (Lipinski definition) is 2. The smallest absolute Gasteiger partial charge is 0.322 e. The molecule has 0 aliphatic carbocycles. The number of anilines is 1. The number of aryl methyl sites for hydroxylation is 2. The molecule has 0 saturated heterocycles. The summed E-state index contributed by atoms with van der Waals surface area (Å²) < 4.78 is 0. The highest BCUT2D eigenvalue weighted by atomic mass is 16.2. The minimum absolute atomic E-state index is 0.0866. The maximum Gasteiger partial charge on any atom is 0.322 e. The number of carbonyl (C=O) groups is 2. The normalized spacial score (nSPS) is 12.5. The van der Waals surface area contributed by atoms with Crippen LogP contribution in [-0.4, -0.2) is 23.4 Å². The quantitative estimate of drug-likeness (QED) is 0.438. The molecule has 172 valence electrons. The van der Waals surface area contributed by atoms with Crippen LogP contribution in [0.4, 0.5) is 10.5 Å². The van der Waals surface area contributed by atoms with Crippen LogP contribution in [-0.2, 0) is 4.79 Å². The van der Waals surface area contributed by atoms with Gasteiger partial charge in [0.1, 0.15) is 0 Å². The largest absolute Gasteiger partial charge is 0.350 e. The highest BCUT2D eigenvalue weighted by Gasteiger charge is 2.23. The maximum atomic E-state index is 13.4. The first-order valence-corrected chi connectivity index (χ1v) is 11.4. The van der Waals surface area contributed by atoms with E-state index in [-0.39, 0.29) is 30.4 Å². The number of para-hydroxylation sites is 1. The zero-order chi connectivity index (χ0) is 23.8. The van der Waals surface area contributed by atoms with Crippen molar-refractivity contribution in [1.29, 1.82) is 0 Å². The molecule has 33 heavy (non-hydrogen) atoms. The molecule has 0 spiro atoms. The molecule has 0 aliphatic heterocycles. The second-order valence-electron chi connectivity index (χ2n) is 8.43. The molecule has 0 bridgehead atoms. The zero-order valence-corrected chi connectivity index (χ0v) is 19.8. The highest BCUT2D eigenvalue weighted by Crippen LogP contribution is 2.24. The van der Waals surface area contributed by atoms with Crippen LogP contribution in [0.25, 0.3) is 0 Å². The van der Waals surface area contributed by atoms with Gasteiger partial charge in [-0.05, 0) is 49.9 Å². The van der Waals surface area contributed by atoms with E-state index in [1.165, 1.54) is 0 Å². The Bertz CT molecular complexity index is 1050. The van der Waals surface area contributed by atoms with Crippen molar-refractivity contribution in [1.82, 2.24) is 10.2 Å². The van der Waals surface area contributed by atoms with Gasteiger partial charge < -0.3 is 15.5 Å². The molecule has 3 aromatic rings. The molecule has 0 aromatic heterocycles. The summed E-state index contributed by atoms with van der Waals surface area (Å²) in [7, 11) is 0. The van der Waals surface area contributed by atoms with Crippen LogP contribution >= 0.6 is 0 Å². The first-order valence-electron chi connectivity index (χ1n) is 11.4. The van der Waals surface area contributed by atoms with Crippen molar-refractivity contribution in [3.8, 4) is 0 Å². The van der Waals surface area contributed by atoms with Gasteiger partial charge in [-0.3, -0.25) is 4.79 Å². The Kier molecular flexibility index (Phi) is 8.25. The van der Waals surface area contributed by atoms with E-state index in [0.717, 1.165) is 27.9 Å². The van der Waals surface area contributed by atoms with Crippen molar-refractivity contribution in [3.63, 3.8) is 0 Å². The molecule has 0 saturated carbocycles. The fraction of sp³-hybridized carbons (Fsp3) is 0.286. The summed E-state index contributed by atoms with van der Waals surface area (Å²) in [6, 6.07) is 25.2. The van der Waals surface area contributed by atoms with Gasteiger partial charge in [-0.2, -0.15) is 0 Å². The molecule has 5 heteroatoms. The van der Waals surface area contributed by atoms with Gasteiger partial charge >= 0.3 is 6.03 Å². The highest BCUT2D eigenvalue weighted by molar-refractivity contribution is 5.91. The number of urea groups is 1. The number of amides is 3. The van der Waals surface area contributed by atoms with Crippen LogP contribution in [0.5, 0.6) is 0 Å². The molecule has 0 heterocycles. The Morgan fingerprint density at radius 1 is 0.788 bits per heavy atom. The fourth-order valence-corrected chi connectivity index (χ4v) is 3.93. The zero-order valence-electron chi connectivity index (χ0n) is 19.8. The minimum Gasteiger partial charge on any atom is -0.350 e. The molecule has 3 aromatic carbocycles. The molecule has 5 nitrogen and oxygen atoms in total. The number of benzene rings is 3. The summed E-state index contributed by atoms with van der Waals surface area (Å²) in [5, 5.41) is 6.11. The van der Waals surface area contributed by atoms with Gasteiger partial charge in [-0.1, -0.05) is 78.9 Å². The van der Waals surface area contributed by atoms with E-state index in [1.54, 1.807) is 4.90 Å². The Balaban J connectivity index is 1.73. The average Bonchev–Trinajstić information content (AvgIpc) is 2.82. The van der Waals surface area contributed by atoms with E-state index in [2.05, 4.69) is 10.6 Å². The molecule has 2 atom stereocenters. The fourth-order valence-electron chi connectivity index (χ4n) is 3.93. The Hall–Kier alpha value is -3.60. The van der Waals surface area contributed by atoms with Crippen molar-refractivity contribution < 1.29 is 9.59 Å². The van der Waals surface area contributed by atoms with Gasteiger partial charge in [0.25, 0.3) is 0 Å². The number of nitrogens with zero attached hydrogens (tertiary/aromatic N) is 1. The molecule has 0 fully saturated rings. The summed E-state index contributed by atoms with van der Waals surface area (Å²) in [6.45, 7) is 8.22. The van der Waals surface area contributed by atoms with Crippen LogP contribution in [0.3, 0.4) is 0 Å². The van der Waals surface area contributed by atoms with Gasteiger partial charge in [0.2, 0.25) is 5.91 Å². The van der Waals surface area contributed by atoms with Gasteiger partial charge in [-0.25, -0.2) is 4.79 Å². The summed E-state index contributed by atoms with van der Waals surface area (Å²) >= 11 is 0. The Morgan fingerprint density at radius 3 is 1.91 bits per heavy atom. The third kappa shape index (κ3) is 6.45. The van der Waals surface area contributed by atoms with E-state index < -0.39 is 0 Å². The third-order valence-electron chi connectivity index (χ3n) is 5.98. The van der Waals surface area contributed by atoms with Gasteiger partial charge in [0.05, 0.1) is 12.1 Å². The standard InChI is InChI=1S/C28H33N3O2/c1-20-12-11-13-21(2)27(20)30-28(33)31(23(4)25-16-9-6-10-17-25)19-18-26(32)29-22(3)24-14-7-5-8-15-24/h5-17,22-23H,18-19H2,1-4H3,(H,29,32)(H,30,33). The van der Waals surface area contributed by atoms with E-state index in [4.69, 9.17) is 0 Å². The van der Waals surface area contributed by atoms with E-state index >= 15 is 0 Å². The predicted octanol–water partition coefficient (Wildman–Crippen LogP) is 6.17. The molecular formula is C28H33N3O2. The van der Waals surface area contributed by atoms with Crippen molar-refractivity contribution in [3.05, 3.63) is 101 Å². The molecule has 2 unspecified atom stereocenters. The molecule has 2 N–H and O–H groups in total. The van der Waals surface area contributed by atoms with Crippen LogP contribution in [0.2, 0.25) is 0 Å². The van der Waals surface area contributed by atoms with Crippen molar-refractivity contribution >= 4 is 17.6 Å². The van der Waals surface area contributed by atoms with Crippen molar-refractivity contribution in [2.24, 2.45) is 0 Å². The second kappa shape index (κ2) is 11.3. The van der Waals surface area contributed by atoms with Crippen LogP contribution in [0, 0.1) is 13.8 Å². The first kappa shape index (κ1) is 24.1. The lowest BCUT2D eigenvalue weighted by molar-refractivity contribution is -0.122. The number of nitrogens with one attached hydrogen (secondary N) is 2. The Labute approximate surface area is 196 Å². The van der Waals surface area contributed by atoms with Crippen LogP contribution in [0.15, 0.2) is 78.9 Å². The molecular weight excluding hydrogens is 410 g/mol. The lowest BCUT2D eigenvalue weighted by atomic mass is 10.1. The number of rotatable bonds is 8. The lowest BCUT2D eigenvalue weighted by Gasteiger charge is -2.30. The van der Waals surface area contributed by atoms with Crippen LogP contribution in [0.1, 0.15) is 54.6 Å². The first-order chi connectivity index (χ1) is 15.9. The van der Waals surface area contributed by atoms with Gasteiger partial charge in [0.15, 0.2) is 0 Å². The van der Waals surface area contributed by atoms with Crippen molar-refractivity contribution in [2.45, 2.75) is 46.2 Å². The van der Waals surface area contributed by atoms with E-state index in [0.29, 0.717) is 6.54 Å². The molecule has 0 aliphatic rings. The second-order valence-corrected chi connectivity index (χ2v) is 8.43. The SMILES string of the molecule is Cc1cccc(C)c1NC(=O)N(CCC(=O)NC(C)c1ccccc1)C(C)c1ccccc1. The number of carbonyl (C=O) groups excluding carboxylic acids is 2. The van der Waals surface area contributed by atoms with E-state index in [9.17, 15) is 9.59 Å². The van der Waals surface area contributed by atoms with Crippen molar-refractivity contribution in [2.75, 3.05) is 11.9 Å². The summed E-state index contributed by atoms with van der Waals surface area (Å²) in [6.07, 6.45) is 0.217. The summed E-state index contributed by atoms with van der Waals surface area (Å²) in [4.78, 5) is 27.8. The maximum absolute atomic E-state index is 13.4. The summed E-state index contributed by atoms with van der Waals surface area (Å²) in [5.41, 5.74) is 4.89. The number of hydrogen-bond donors (Lipinski definition) is 2. The minimum atomic E-state index is -0.215. The molecule has 3 rings (SSSR count). The monoisotopic (exact) mass is 443 g/mol. The Morgan fingerprint density at radius 2 is 1.33 bits per heavy atom. The topological polar surface area (TPSA) is 61.4 Å².